The van der Waals surface area contributed by atoms with E-state index >= 15 is 0 Å². The summed E-state index contributed by atoms with van der Waals surface area (Å²) in [7, 11) is 0. The Balaban J connectivity index is 1.41. The number of carboxylic acid groups (broad SMARTS) is 1. The second kappa shape index (κ2) is 18.6. The average Bonchev–Trinajstić information content (AvgIpc) is 3.21. The van der Waals surface area contributed by atoms with Crippen molar-refractivity contribution in [2.45, 2.75) is 105 Å². The Morgan fingerprint density at radius 1 is 0.607 bits per heavy atom. The molecule has 61 heavy (non-hydrogen) atoms. The molecule has 25 nitrogen and oxygen atoms in total. The van der Waals surface area contributed by atoms with E-state index in [0.29, 0.717) is 0 Å². The van der Waals surface area contributed by atoms with Gasteiger partial charge >= 0.3 is 11.9 Å². The normalized spacial score (nSPS) is 36.1. The minimum Gasteiger partial charge on any atom is -0.508 e. The third-order valence-electron chi connectivity index (χ3n) is 10.1. The highest BCUT2D eigenvalue weighted by Gasteiger charge is 2.49. The molecule has 0 saturated carbocycles. The van der Waals surface area contributed by atoms with Crippen LogP contribution in [0.2, 0.25) is 0 Å². The molecule has 0 aromatic heterocycles. The van der Waals surface area contributed by atoms with E-state index in [2.05, 4.69) is 0 Å². The highest BCUT2D eigenvalue weighted by Crippen LogP contribution is 2.48. The molecule has 6 rings (SSSR count). The molecule has 25 heteroatoms. The number of phenolic OH excluding ortho intramolecular Hbond substituents is 3. The number of aliphatic hydroxyl groups excluding tert-OH is 11. The number of ether oxygens (including phenoxy) is 8. The van der Waals surface area contributed by atoms with E-state index in [4.69, 9.17) is 43.0 Å². The van der Waals surface area contributed by atoms with Crippen LogP contribution in [0.3, 0.4) is 0 Å². The van der Waals surface area contributed by atoms with Gasteiger partial charge in [-0.2, -0.15) is 0 Å². The number of hydrogen-bond donors (Lipinski definition) is 15. The molecule has 2 aromatic rings. The zero-order chi connectivity index (χ0) is 44.6. The molecule has 15 N–H and O–H groups in total. The summed E-state index contributed by atoms with van der Waals surface area (Å²) in [4.78, 5) is 22.8. The molecule has 0 amide bonds. The van der Waals surface area contributed by atoms with Gasteiger partial charge in [-0.05, 0) is 18.2 Å². The van der Waals surface area contributed by atoms with Crippen molar-refractivity contribution >= 4 is 18.0 Å². The number of phenols is 3. The fourth-order valence-electron chi connectivity index (χ4n) is 6.72. The van der Waals surface area contributed by atoms with Crippen molar-refractivity contribution in [3.8, 4) is 34.5 Å². The number of aliphatic hydroxyl groups is 11. The molecular formula is C36H44O25. The Bertz CT molecular complexity index is 1860. The summed E-state index contributed by atoms with van der Waals surface area (Å²) in [6.45, 7) is -2.60. The number of aromatic hydroxyl groups is 3. The fourth-order valence-corrected chi connectivity index (χ4v) is 6.72. The van der Waals surface area contributed by atoms with E-state index in [1.54, 1.807) is 0 Å². The summed E-state index contributed by atoms with van der Waals surface area (Å²) in [6.07, 6.45) is -29.9. The Labute approximate surface area is 342 Å². The number of esters is 1. The minimum absolute atomic E-state index is 0.150. The van der Waals surface area contributed by atoms with Crippen LogP contribution < -0.4 is 14.2 Å². The first-order valence-electron chi connectivity index (χ1n) is 18.3. The van der Waals surface area contributed by atoms with Crippen molar-refractivity contribution in [1.82, 2.24) is 0 Å². The SMILES string of the molecule is O=C(O)CC(=O)OC[C@@H]1O[C@@H](OC2=Cc3c(O)cc(O)cc3OC2c2cc(O[C@@H]3O[C@H](CO)[C@@H](O)[C@H](O)[C@@H]3O)c(O)c(O[C@@H]3O[C@@H](CO)[C@@H](O)[C@H](O)[C@H]3O)c2)[C@H](O)[C@@H](O)[C@@H]1O. The van der Waals surface area contributed by atoms with Crippen molar-refractivity contribution in [1.29, 1.82) is 0 Å². The third-order valence-corrected chi connectivity index (χ3v) is 10.1. The number of carbonyl (C=O) groups excluding carboxylic acids is 1. The summed E-state index contributed by atoms with van der Waals surface area (Å²) < 4.78 is 44.8. The van der Waals surface area contributed by atoms with Crippen LogP contribution in [0.4, 0.5) is 0 Å². The van der Waals surface area contributed by atoms with Crippen LogP contribution in [0.5, 0.6) is 34.5 Å². The molecule has 4 aliphatic heterocycles. The smallest absolute Gasteiger partial charge is 0.317 e. The van der Waals surface area contributed by atoms with Crippen LogP contribution >= 0.6 is 0 Å². The Kier molecular flexibility index (Phi) is 14.0. The van der Waals surface area contributed by atoms with Gasteiger partial charge in [0.25, 0.3) is 0 Å². The monoisotopic (exact) mass is 876 g/mol. The van der Waals surface area contributed by atoms with Gasteiger partial charge < -0.3 is 114 Å². The zero-order valence-corrected chi connectivity index (χ0v) is 31.2. The van der Waals surface area contributed by atoms with Crippen molar-refractivity contribution in [3.05, 3.63) is 41.2 Å². The maximum atomic E-state index is 11.9. The van der Waals surface area contributed by atoms with E-state index in [1.807, 2.05) is 0 Å². The van der Waals surface area contributed by atoms with Gasteiger partial charge in [0.1, 0.15) is 109 Å². The first kappa shape index (κ1) is 45.7. The summed E-state index contributed by atoms with van der Waals surface area (Å²) in [5.74, 6) is -6.91. The first-order chi connectivity index (χ1) is 28.8. The molecule has 4 aliphatic rings. The molecule has 0 radical (unpaired) electrons. The van der Waals surface area contributed by atoms with Gasteiger partial charge in [0.05, 0.1) is 18.8 Å². The van der Waals surface area contributed by atoms with Crippen molar-refractivity contribution in [3.63, 3.8) is 0 Å². The number of benzene rings is 2. The van der Waals surface area contributed by atoms with Gasteiger partial charge in [-0.1, -0.05) is 0 Å². The second-order valence-electron chi connectivity index (χ2n) is 14.3. The summed E-state index contributed by atoms with van der Waals surface area (Å²) in [5.41, 5.74) is -0.384. The van der Waals surface area contributed by atoms with Crippen LogP contribution in [-0.2, 0) is 33.3 Å². The Hall–Kier alpha value is -4.84. The third kappa shape index (κ3) is 9.49. The number of carbonyl (C=O) groups is 2. The number of aliphatic carboxylic acids is 1. The lowest BCUT2D eigenvalue weighted by molar-refractivity contribution is -0.294. The maximum Gasteiger partial charge on any atom is 0.317 e. The first-order valence-corrected chi connectivity index (χ1v) is 18.3. The van der Waals surface area contributed by atoms with Crippen molar-refractivity contribution in [2.24, 2.45) is 0 Å². The molecular weight excluding hydrogens is 832 g/mol. The van der Waals surface area contributed by atoms with E-state index in [-0.39, 0.29) is 16.9 Å². The maximum absolute atomic E-state index is 11.9. The van der Waals surface area contributed by atoms with Crippen LogP contribution in [0.1, 0.15) is 23.7 Å². The number of rotatable bonds is 13. The second-order valence-corrected chi connectivity index (χ2v) is 14.3. The van der Waals surface area contributed by atoms with Gasteiger partial charge in [0.2, 0.25) is 24.6 Å². The Morgan fingerprint density at radius 3 is 1.57 bits per heavy atom. The van der Waals surface area contributed by atoms with E-state index in [0.717, 1.165) is 30.3 Å². The molecule has 0 bridgehead atoms. The average molecular weight is 877 g/mol. The predicted octanol–water partition coefficient (Wildman–Crippen LogP) is -5.52. The molecule has 3 fully saturated rings. The summed E-state index contributed by atoms with van der Waals surface area (Å²) in [5, 5.41) is 156. The van der Waals surface area contributed by atoms with Gasteiger partial charge in [-0.3, -0.25) is 9.59 Å². The standard InChI is InChI=1S/C36H44O25/c37-7-18-24(45)27(48)30(51)34(59-18)56-15-1-10(2-16(23(15)44)57-35-31(52)28(49)25(46)19(8-38)60-35)33-17(5-12-13(40)3-11(39)4-14(12)55-33)58-36-32(53)29(50)26(47)20(61-36)9-54-22(43)6-21(41)42/h1-5,18-20,24-40,44-53H,6-9H2,(H,41,42)/t18-,19+,20-,24+,25+,26+,27-,28-,29-,30+,31-,32+,33?,34+,35+,36+/m0/s1. The molecule has 16 atom stereocenters. The number of carboxylic acids is 1. The van der Waals surface area contributed by atoms with E-state index < -0.39 is 171 Å². The molecule has 0 aliphatic carbocycles. The van der Waals surface area contributed by atoms with Crippen molar-refractivity contribution in [2.75, 3.05) is 19.8 Å². The lowest BCUT2D eigenvalue weighted by Crippen LogP contribution is -2.60. The fraction of sp³-hybridized carbons (Fsp3) is 0.556. The minimum atomic E-state index is -2.08. The molecule has 4 heterocycles. The zero-order valence-electron chi connectivity index (χ0n) is 31.2. The number of hydrogen-bond acceptors (Lipinski definition) is 24. The van der Waals surface area contributed by atoms with Crippen LogP contribution in [0, 0.1) is 0 Å². The van der Waals surface area contributed by atoms with Gasteiger partial charge in [-0.25, -0.2) is 0 Å². The van der Waals surface area contributed by atoms with Gasteiger partial charge in [0, 0.05) is 17.7 Å². The highest BCUT2D eigenvalue weighted by atomic mass is 16.7. The van der Waals surface area contributed by atoms with Crippen molar-refractivity contribution < 1.29 is 124 Å². The van der Waals surface area contributed by atoms with Gasteiger partial charge in [0.15, 0.2) is 17.6 Å². The molecule has 338 valence electrons. The number of fused-ring (bicyclic) bond motifs is 1. The quantitative estimate of drug-likeness (QED) is 0.0659. The van der Waals surface area contributed by atoms with Crippen LogP contribution in [-0.4, -0.2) is 200 Å². The predicted molar refractivity (Wildman–Crippen MR) is 189 cm³/mol. The molecule has 1 unspecified atom stereocenters. The van der Waals surface area contributed by atoms with E-state index in [1.165, 1.54) is 0 Å². The summed E-state index contributed by atoms with van der Waals surface area (Å²) in [6, 6.07) is 3.96. The molecule has 3 saturated heterocycles. The van der Waals surface area contributed by atoms with E-state index in [9.17, 15) is 81.1 Å². The molecule has 2 aromatic carbocycles. The summed E-state index contributed by atoms with van der Waals surface area (Å²) >= 11 is 0. The topological polar surface area (TPSA) is 411 Å². The van der Waals surface area contributed by atoms with Crippen LogP contribution in [0.25, 0.3) is 6.08 Å². The molecule has 0 spiro atoms. The lowest BCUT2D eigenvalue weighted by atomic mass is 9.98. The van der Waals surface area contributed by atoms with Crippen LogP contribution in [0.15, 0.2) is 30.0 Å². The lowest BCUT2D eigenvalue weighted by Gasteiger charge is -2.41. The van der Waals surface area contributed by atoms with Gasteiger partial charge in [-0.15, -0.1) is 0 Å². The highest BCUT2D eigenvalue weighted by molar-refractivity contribution is 5.90. The Morgan fingerprint density at radius 2 is 1.08 bits per heavy atom. The largest absolute Gasteiger partial charge is 0.508 e.